The molecule has 0 saturated carbocycles. The molecule has 0 aliphatic carbocycles. The van der Waals surface area contributed by atoms with Gasteiger partial charge >= 0.3 is 5.97 Å². The Morgan fingerprint density at radius 2 is 1.68 bits per heavy atom. The van der Waals surface area contributed by atoms with Gasteiger partial charge in [-0.3, -0.25) is 0 Å². The molecule has 1 heterocycles. The molecular weight excluding hydrogens is 398 g/mol. The molecule has 0 atom stereocenters. The second-order valence-corrected chi connectivity index (χ2v) is 7.16. The zero-order chi connectivity index (χ0) is 22.3. The van der Waals surface area contributed by atoms with E-state index in [0.29, 0.717) is 25.4 Å². The van der Waals surface area contributed by atoms with Crippen molar-refractivity contribution in [1.82, 2.24) is 4.98 Å². The first-order valence-corrected chi connectivity index (χ1v) is 10.6. The van der Waals surface area contributed by atoms with E-state index in [0.717, 1.165) is 73.6 Å². The third-order valence-electron chi connectivity index (χ3n) is 5.00. The number of rotatable bonds is 15. The molecule has 0 unspecified atom stereocenters. The van der Waals surface area contributed by atoms with Crippen molar-refractivity contribution in [1.29, 1.82) is 0 Å². The molecule has 0 aliphatic heterocycles. The van der Waals surface area contributed by atoms with Gasteiger partial charge in [0.25, 0.3) is 0 Å². The maximum Gasteiger partial charge on any atom is 0.354 e. The van der Waals surface area contributed by atoms with Gasteiger partial charge in [-0.15, -0.1) is 0 Å². The van der Waals surface area contributed by atoms with Gasteiger partial charge in [-0.2, -0.15) is 0 Å². The van der Waals surface area contributed by atoms with Crippen LogP contribution < -0.4 is 4.74 Å². The summed E-state index contributed by atoms with van der Waals surface area (Å²) >= 11 is 0. The molecule has 0 aliphatic rings. The zero-order valence-corrected chi connectivity index (χ0v) is 17.9. The summed E-state index contributed by atoms with van der Waals surface area (Å²) < 4.78 is 10.8. The summed E-state index contributed by atoms with van der Waals surface area (Å²) in [5, 5.41) is 8.04. The van der Waals surface area contributed by atoms with E-state index in [-0.39, 0.29) is 5.97 Å². The Hall–Kier alpha value is -3.35. The van der Waals surface area contributed by atoms with Crippen molar-refractivity contribution in [3.8, 4) is 5.75 Å². The molecule has 1 N–H and O–H groups in total. The van der Waals surface area contributed by atoms with Crippen LogP contribution in [0, 0.1) is 0 Å². The van der Waals surface area contributed by atoms with Gasteiger partial charge in [0.05, 0.1) is 13.7 Å². The molecule has 2 aromatic rings. The number of aromatic nitrogens is 1. The second kappa shape index (κ2) is 13.8. The lowest BCUT2D eigenvalue weighted by Crippen LogP contribution is -2.05. The number of unbranched alkanes of at least 4 members (excludes halogenated alkanes) is 5. The molecule has 10 nitrogen and oxygen atoms in total. The molecule has 0 bridgehead atoms. The number of ether oxygens (including phenoxy) is 2. The van der Waals surface area contributed by atoms with Crippen LogP contribution in [-0.2, 0) is 11.2 Å². The molecule has 0 saturated heterocycles. The summed E-state index contributed by atoms with van der Waals surface area (Å²) in [5.41, 5.74) is 18.9. The van der Waals surface area contributed by atoms with Crippen LogP contribution >= 0.6 is 0 Å². The van der Waals surface area contributed by atoms with Gasteiger partial charge < -0.3 is 14.5 Å². The number of hydrogen-bond donors (Lipinski definition) is 1. The van der Waals surface area contributed by atoms with E-state index in [2.05, 4.69) is 25.0 Å². The smallest absolute Gasteiger partial charge is 0.354 e. The summed E-state index contributed by atoms with van der Waals surface area (Å²) in [6.45, 7) is 1.61. The first-order chi connectivity index (χ1) is 15.2. The van der Waals surface area contributed by atoms with Crippen molar-refractivity contribution in [3.63, 3.8) is 0 Å². The number of nitrogens with one attached hydrogen (secondary N) is 1. The predicted octanol–water partition coefficient (Wildman–Crippen LogP) is 6.23. The highest BCUT2D eigenvalue weighted by Gasteiger charge is 2.18. The molecule has 1 aromatic carbocycles. The van der Waals surface area contributed by atoms with Crippen LogP contribution in [0.15, 0.2) is 28.4 Å². The number of hydrogen-bond acceptors (Lipinski definition) is 5. The summed E-state index contributed by atoms with van der Waals surface area (Å²) in [5.74, 6) is 0.380. The molecule has 0 amide bonds. The van der Waals surface area contributed by atoms with Crippen LogP contribution in [0.2, 0.25) is 0 Å². The summed E-state index contributed by atoms with van der Waals surface area (Å²) in [6, 6.07) is 5.77. The molecule has 31 heavy (non-hydrogen) atoms. The van der Waals surface area contributed by atoms with Crippen molar-refractivity contribution in [2.75, 3.05) is 26.8 Å². The number of carbonyl (C=O) groups excluding carboxylic acids is 1. The van der Waals surface area contributed by atoms with E-state index in [1.807, 2.05) is 18.2 Å². The van der Waals surface area contributed by atoms with Crippen molar-refractivity contribution < 1.29 is 14.3 Å². The van der Waals surface area contributed by atoms with E-state index in [1.54, 1.807) is 0 Å². The Bertz CT molecular complexity index is 944. The molecular formula is C21H29N7O3. The average Bonchev–Trinajstić information content (AvgIpc) is 3.15. The molecule has 1 aromatic heterocycles. The molecule has 10 heteroatoms. The maximum absolute atomic E-state index is 12.3. The number of aryl methyl sites for hydroxylation is 1. The van der Waals surface area contributed by atoms with Gasteiger partial charge in [-0.1, -0.05) is 23.1 Å². The SMILES string of the molecule is COC(=O)c1[nH]c2ccc(OCCCCCN=[N+]=[N-])cc2c1CCCCCCN=[N+]=[N-]. The zero-order valence-electron chi connectivity index (χ0n) is 17.9. The fourth-order valence-corrected chi connectivity index (χ4v) is 3.43. The van der Waals surface area contributed by atoms with Crippen LogP contribution in [0.5, 0.6) is 5.75 Å². The van der Waals surface area contributed by atoms with E-state index in [9.17, 15) is 4.79 Å². The van der Waals surface area contributed by atoms with Gasteiger partial charge in [0.2, 0.25) is 0 Å². The Morgan fingerprint density at radius 3 is 2.35 bits per heavy atom. The molecule has 0 spiro atoms. The average molecular weight is 428 g/mol. The fourth-order valence-electron chi connectivity index (χ4n) is 3.43. The minimum Gasteiger partial charge on any atom is -0.494 e. The molecule has 0 fully saturated rings. The number of esters is 1. The van der Waals surface area contributed by atoms with E-state index < -0.39 is 0 Å². The first kappa shape index (κ1) is 23.9. The minimum atomic E-state index is -0.378. The molecule has 0 radical (unpaired) electrons. The van der Waals surface area contributed by atoms with E-state index >= 15 is 0 Å². The molecule has 166 valence electrons. The van der Waals surface area contributed by atoms with Crippen LogP contribution in [0.3, 0.4) is 0 Å². The topological polar surface area (TPSA) is 149 Å². The number of benzene rings is 1. The van der Waals surface area contributed by atoms with Crippen LogP contribution in [-0.4, -0.2) is 37.8 Å². The Labute approximate surface area is 181 Å². The van der Waals surface area contributed by atoms with Crippen LogP contribution in [0.1, 0.15) is 61.0 Å². The Kier molecular flexibility index (Phi) is 10.6. The van der Waals surface area contributed by atoms with Gasteiger partial charge in [0.1, 0.15) is 11.4 Å². The summed E-state index contributed by atoms with van der Waals surface area (Å²) in [6.07, 6.45) is 7.15. The van der Waals surface area contributed by atoms with Crippen molar-refractivity contribution in [3.05, 3.63) is 50.3 Å². The third-order valence-corrected chi connectivity index (χ3v) is 5.00. The summed E-state index contributed by atoms with van der Waals surface area (Å²) in [7, 11) is 1.38. The third kappa shape index (κ3) is 7.77. The Balaban J connectivity index is 2.00. The normalized spacial score (nSPS) is 10.4. The van der Waals surface area contributed by atoms with E-state index in [4.69, 9.17) is 20.5 Å². The van der Waals surface area contributed by atoms with E-state index in [1.165, 1.54) is 7.11 Å². The standard InChI is InChI=1S/C21H29N7O3/c1-30-21(29)20-17(9-5-2-3-6-12-24-27-22)18-15-16(10-11-19(18)26-20)31-14-8-4-7-13-25-28-23/h10-11,15,26H,2-9,12-14H2,1H3. The largest absolute Gasteiger partial charge is 0.494 e. The van der Waals surface area contributed by atoms with Crippen LogP contribution in [0.4, 0.5) is 0 Å². The lowest BCUT2D eigenvalue weighted by molar-refractivity contribution is 0.0594. The van der Waals surface area contributed by atoms with Gasteiger partial charge in [-0.25, -0.2) is 4.79 Å². The minimum absolute atomic E-state index is 0.378. The quantitative estimate of drug-likeness (QED) is 0.118. The number of nitrogens with zero attached hydrogens (tertiary/aromatic N) is 6. The number of aromatic amines is 1. The van der Waals surface area contributed by atoms with Gasteiger partial charge in [0, 0.05) is 33.8 Å². The number of methoxy groups -OCH3 is 1. The highest BCUT2D eigenvalue weighted by Crippen LogP contribution is 2.29. The highest BCUT2D eigenvalue weighted by molar-refractivity contribution is 5.98. The van der Waals surface area contributed by atoms with Crippen molar-refractivity contribution >= 4 is 16.9 Å². The lowest BCUT2D eigenvalue weighted by Gasteiger charge is -2.07. The number of azide groups is 2. The summed E-state index contributed by atoms with van der Waals surface area (Å²) in [4.78, 5) is 20.9. The van der Waals surface area contributed by atoms with Crippen molar-refractivity contribution in [2.24, 2.45) is 10.2 Å². The molecule has 2 rings (SSSR count). The number of carbonyl (C=O) groups is 1. The predicted molar refractivity (Wildman–Crippen MR) is 119 cm³/mol. The van der Waals surface area contributed by atoms with Gasteiger partial charge in [0.15, 0.2) is 0 Å². The Morgan fingerprint density at radius 1 is 1.00 bits per heavy atom. The van der Waals surface area contributed by atoms with Crippen LogP contribution in [0.25, 0.3) is 31.8 Å². The highest BCUT2D eigenvalue weighted by atomic mass is 16.5. The first-order valence-electron chi connectivity index (χ1n) is 10.6. The van der Waals surface area contributed by atoms with Gasteiger partial charge in [-0.05, 0) is 73.3 Å². The van der Waals surface area contributed by atoms with Crippen molar-refractivity contribution in [2.45, 2.75) is 51.4 Å². The fraction of sp³-hybridized carbons (Fsp3) is 0.571. The monoisotopic (exact) mass is 427 g/mol. The lowest BCUT2D eigenvalue weighted by atomic mass is 10.0. The number of fused-ring (bicyclic) bond motifs is 1. The second-order valence-electron chi connectivity index (χ2n) is 7.16. The maximum atomic E-state index is 12.3. The number of H-pyrrole nitrogens is 1.